The Morgan fingerprint density at radius 3 is 2.62 bits per heavy atom. The molecule has 138 valence electrons. The molecule has 1 saturated heterocycles. The second-order valence-corrected chi connectivity index (χ2v) is 8.33. The quantitative estimate of drug-likeness (QED) is 0.572. The molecule has 0 aliphatic carbocycles. The molecule has 2 N–H and O–H groups in total. The van der Waals surface area contributed by atoms with Gasteiger partial charge in [0.2, 0.25) is 0 Å². The molecule has 0 bridgehead atoms. The van der Waals surface area contributed by atoms with Crippen LogP contribution in [0.15, 0.2) is 30.3 Å². The van der Waals surface area contributed by atoms with Crippen LogP contribution in [0.4, 0.5) is 0 Å². The van der Waals surface area contributed by atoms with Gasteiger partial charge in [-0.2, -0.15) is 0 Å². The fourth-order valence-corrected chi connectivity index (χ4v) is 4.59. The normalized spacial score (nSPS) is 19.5. The highest BCUT2D eigenvalue weighted by atomic mass is 35.5. The largest absolute Gasteiger partial charge is 0.488 e. The van der Waals surface area contributed by atoms with E-state index in [9.17, 15) is 4.79 Å². The maximum absolute atomic E-state index is 11.2. The molecule has 0 aromatic heterocycles. The van der Waals surface area contributed by atoms with Crippen molar-refractivity contribution in [2.75, 3.05) is 5.75 Å². The average molecular weight is 453 g/mol. The topological polar surface area (TPSA) is 58.6 Å². The highest BCUT2D eigenvalue weighted by Gasteiger charge is 2.32. The lowest BCUT2D eigenvalue weighted by Gasteiger charge is -2.18. The Balaban J connectivity index is 1.83. The predicted molar refractivity (Wildman–Crippen MR) is 107 cm³/mol. The van der Waals surface area contributed by atoms with Crippen LogP contribution in [0.25, 0.3) is 0 Å². The molecule has 1 heterocycles. The minimum Gasteiger partial charge on any atom is -0.488 e. The first-order chi connectivity index (χ1) is 12.4. The molecular formula is C17H13Cl4NO3S. The lowest BCUT2D eigenvalue weighted by atomic mass is 10.1. The van der Waals surface area contributed by atoms with E-state index < -0.39 is 12.0 Å². The van der Waals surface area contributed by atoms with Gasteiger partial charge in [0.25, 0.3) is 0 Å². The predicted octanol–water partition coefficient (Wildman–Crippen LogP) is 5.67. The van der Waals surface area contributed by atoms with Gasteiger partial charge in [-0.3, -0.25) is 10.1 Å². The summed E-state index contributed by atoms with van der Waals surface area (Å²) >= 11 is 26.0. The number of carboxylic acids is 1. The van der Waals surface area contributed by atoms with E-state index in [1.165, 1.54) is 11.8 Å². The smallest absolute Gasteiger partial charge is 0.321 e. The molecule has 2 aromatic rings. The lowest BCUT2D eigenvalue weighted by Crippen LogP contribution is -2.33. The van der Waals surface area contributed by atoms with Gasteiger partial charge >= 0.3 is 5.97 Å². The molecule has 9 heteroatoms. The van der Waals surface area contributed by atoms with Crippen molar-refractivity contribution in [2.24, 2.45) is 0 Å². The summed E-state index contributed by atoms with van der Waals surface area (Å²) in [6.45, 7) is 0.118. The zero-order chi connectivity index (χ0) is 18.8. The fraction of sp³-hybridized carbons (Fsp3) is 0.235. The molecule has 0 spiro atoms. The Morgan fingerprint density at radius 1 is 1.19 bits per heavy atom. The van der Waals surface area contributed by atoms with Crippen LogP contribution in [0.1, 0.15) is 16.5 Å². The van der Waals surface area contributed by atoms with Crippen LogP contribution in [0.3, 0.4) is 0 Å². The first kappa shape index (κ1) is 19.9. The molecule has 2 aromatic carbocycles. The van der Waals surface area contributed by atoms with Gasteiger partial charge in [0.1, 0.15) is 18.4 Å². The maximum Gasteiger partial charge on any atom is 0.321 e. The minimum atomic E-state index is -0.887. The van der Waals surface area contributed by atoms with E-state index in [1.54, 1.807) is 30.3 Å². The number of halogens is 4. The number of rotatable bonds is 5. The number of aliphatic carboxylic acids is 1. The summed E-state index contributed by atoms with van der Waals surface area (Å²) in [6, 6.07) is 7.86. The van der Waals surface area contributed by atoms with Gasteiger partial charge < -0.3 is 9.84 Å². The SMILES string of the molecule is O=C(O)C1CSC(c2cc(Cl)ccc2OCc2c(Cl)ccc(Cl)c2Cl)N1. The van der Waals surface area contributed by atoms with E-state index in [1.807, 2.05) is 0 Å². The maximum atomic E-state index is 11.2. The lowest BCUT2D eigenvalue weighted by molar-refractivity contribution is -0.138. The Morgan fingerprint density at radius 2 is 1.92 bits per heavy atom. The Kier molecular flexibility index (Phi) is 6.49. The van der Waals surface area contributed by atoms with E-state index in [4.69, 9.17) is 56.2 Å². The first-order valence-corrected chi connectivity index (χ1v) is 10.1. The molecule has 1 aliphatic heterocycles. The van der Waals surface area contributed by atoms with E-state index in [0.29, 0.717) is 37.2 Å². The van der Waals surface area contributed by atoms with Gasteiger partial charge in [-0.25, -0.2) is 0 Å². The van der Waals surface area contributed by atoms with Gasteiger partial charge in [-0.05, 0) is 30.3 Å². The molecular weight excluding hydrogens is 440 g/mol. The zero-order valence-electron chi connectivity index (χ0n) is 13.1. The molecule has 2 atom stereocenters. The number of nitrogens with one attached hydrogen (secondary N) is 1. The van der Waals surface area contributed by atoms with Gasteiger partial charge in [0, 0.05) is 26.9 Å². The third-order valence-corrected chi connectivity index (χ3v) is 6.53. The van der Waals surface area contributed by atoms with E-state index >= 15 is 0 Å². The minimum absolute atomic E-state index is 0.118. The molecule has 1 aliphatic rings. The highest BCUT2D eigenvalue weighted by molar-refractivity contribution is 7.99. The summed E-state index contributed by atoms with van der Waals surface area (Å²) in [5.74, 6) is 0.136. The van der Waals surface area contributed by atoms with E-state index in [2.05, 4.69) is 5.32 Å². The number of ether oxygens (including phenoxy) is 1. The molecule has 1 fully saturated rings. The number of carbonyl (C=O) groups is 1. The monoisotopic (exact) mass is 451 g/mol. The third-order valence-electron chi connectivity index (χ3n) is 3.85. The summed E-state index contributed by atoms with van der Waals surface area (Å²) < 4.78 is 5.92. The molecule has 26 heavy (non-hydrogen) atoms. The Labute approximate surface area is 174 Å². The zero-order valence-corrected chi connectivity index (χ0v) is 17.0. The van der Waals surface area contributed by atoms with Crippen LogP contribution >= 0.6 is 58.2 Å². The van der Waals surface area contributed by atoms with E-state index in [0.717, 1.165) is 5.56 Å². The summed E-state index contributed by atoms with van der Waals surface area (Å²) in [7, 11) is 0. The number of hydrogen-bond donors (Lipinski definition) is 2. The van der Waals surface area contributed by atoms with E-state index in [-0.39, 0.29) is 12.0 Å². The second-order valence-electron chi connectivity index (χ2n) is 5.56. The first-order valence-electron chi connectivity index (χ1n) is 7.52. The van der Waals surface area contributed by atoms with Crippen molar-refractivity contribution in [3.05, 3.63) is 61.5 Å². The molecule has 3 rings (SSSR count). The number of hydrogen-bond acceptors (Lipinski definition) is 4. The van der Waals surface area contributed by atoms with Gasteiger partial charge in [0.15, 0.2) is 0 Å². The van der Waals surface area contributed by atoms with Crippen molar-refractivity contribution in [1.29, 1.82) is 0 Å². The molecule has 0 saturated carbocycles. The summed E-state index contributed by atoms with van der Waals surface area (Å²) in [4.78, 5) is 11.2. The molecule has 0 amide bonds. The van der Waals surface area contributed by atoms with Crippen LogP contribution in [-0.4, -0.2) is 22.9 Å². The molecule has 2 unspecified atom stereocenters. The number of benzene rings is 2. The van der Waals surface area contributed by atoms with Crippen LogP contribution < -0.4 is 10.1 Å². The van der Waals surface area contributed by atoms with Crippen LogP contribution in [0, 0.1) is 0 Å². The van der Waals surface area contributed by atoms with Crippen molar-refractivity contribution in [1.82, 2.24) is 5.32 Å². The highest BCUT2D eigenvalue weighted by Crippen LogP contribution is 2.40. The van der Waals surface area contributed by atoms with Crippen molar-refractivity contribution >= 4 is 64.1 Å². The van der Waals surface area contributed by atoms with Gasteiger partial charge in [-0.15, -0.1) is 11.8 Å². The van der Waals surface area contributed by atoms with Crippen LogP contribution in [0.2, 0.25) is 20.1 Å². The summed E-state index contributed by atoms with van der Waals surface area (Å²) in [5.41, 5.74) is 1.35. The summed E-state index contributed by atoms with van der Waals surface area (Å²) in [6.07, 6.45) is 0. The van der Waals surface area contributed by atoms with Gasteiger partial charge in [0.05, 0.1) is 15.4 Å². The van der Waals surface area contributed by atoms with Crippen molar-refractivity contribution < 1.29 is 14.6 Å². The Bertz CT molecular complexity index is 849. The van der Waals surface area contributed by atoms with Crippen molar-refractivity contribution in [3.8, 4) is 5.75 Å². The van der Waals surface area contributed by atoms with Crippen LogP contribution in [-0.2, 0) is 11.4 Å². The van der Waals surface area contributed by atoms with Crippen LogP contribution in [0.5, 0.6) is 5.75 Å². The standard InChI is InChI=1S/C17H13Cl4NO3S/c18-8-1-4-14(9(5-8)16-22-13(7-26-16)17(23)24)25-6-10-11(19)2-3-12(20)15(10)21/h1-5,13,16,22H,6-7H2,(H,23,24). The number of thioether (sulfide) groups is 1. The number of carboxylic acid groups (broad SMARTS) is 1. The van der Waals surface area contributed by atoms with Crippen molar-refractivity contribution in [3.63, 3.8) is 0 Å². The second kappa shape index (κ2) is 8.46. The Hall–Kier alpha value is -0.820. The third kappa shape index (κ3) is 4.35. The summed E-state index contributed by atoms with van der Waals surface area (Å²) in [5, 5.41) is 13.7. The fourth-order valence-electron chi connectivity index (χ4n) is 2.50. The van der Waals surface area contributed by atoms with Crippen molar-refractivity contribution in [2.45, 2.75) is 18.0 Å². The van der Waals surface area contributed by atoms with Gasteiger partial charge in [-0.1, -0.05) is 46.4 Å². The molecule has 4 nitrogen and oxygen atoms in total. The molecule has 0 radical (unpaired) electrons. The average Bonchev–Trinajstić information content (AvgIpc) is 3.09.